The van der Waals surface area contributed by atoms with Gasteiger partial charge in [-0.1, -0.05) is 0 Å². The van der Waals surface area contributed by atoms with Gasteiger partial charge in [-0.15, -0.1) is 22.7 Å². The molecule has 0 saturated carbocycles. The second kappa shape index (κ2) is 5.07. The second-order valence-electron chi connectivity index (χ2n) is 3.28. The van der Waals surface area contributed by atoms with Crippen LogP contribution in [0.3, 0.4) is 0 Å². The summed E-state index contributed by atoms with van der Waals surface area (Å²) in [5, 5.41) is 3.80. The highest BCUT2D eigenvalue weighted by atomic mass is 79.9. The van der Waals surface area contributed by atoms with Crippen LogP contribution in [0.25, 0.3) is 0 Å². The van der Waals surface area contributed by atoms with Gasteiger partial charge in [-0.2, -0.15) is 0 Å². The maximum atomic E-state index is 12.0. The summed E-state index contributed by atoms with van der Waals surface area (Å²) < 4.78 is 0.970. The molecular weight excluding hydrogens is 308 g/mol. The largest absolute Gasteiger partial charge is 0.336 e. The van der Waals surface area contributed by atoms with Crippen molar-refractivity contribution in [3.05, 3.63) is 37.4 Å². The van der Waals surface area contributed by atoms with Crippen molar-refractivity contribution in [1.82, 2.24) is 9.88 Å². The van der Waals surface area contributed by atoms with Crippen LogP contribution >= 0.6 is 38.6 Å². The van der Waals surface area contributed by atoms with Crippen LogP contribution in [-0.4, -0.2) is 22.8 Å². The average Bonchev–Trinajstić information content (AvgIpc) is 2.88. The fraction of sp³-hybridized carbons (Fsp3) is 0.200. The lowest BCUT2D eigenvalue weighted by atomic mass is 10.3. The van der Waals surface area contributed by atoms with Crippen LogP contribution in [0.15, 0.2) is 26.1 Å². The predicted octanol–water partition coefficient (Wildman–Crippen LogP) is 3.24. The molecule has 16 heavy (non-hydrogen) atoms. The first kappa shape index (κ1) is 11.8. The maximum absolute atomic E-state index is 12.0. The van der Waals surface area contributed by atoms with Gasteiger partial charge in [0.15, 0.2) is 0 Å². The number of amides is 1. The zero-order valence-corrected chi connectivity index (χ0v) is 11.7. The van der Waals surface area contributed by atoms with Crippen molar-refractivity contribution >= 4 is 44.5 Å². The summed E-state index contributed by atoms with van der Waals surface area (Å²) >= 11 is 6.40. The quantitative estimate of drug-likeness (QED) is 0.871. The number of hydrogen-bond donors (Lipinski definition) is 0. The number of carbonyl (C=O) groups excluding carboxylic acids is 1. The Morgan fingerprint density at radius 3 is 2.94 bits per heavy atom. The highest BCUT2D eigenvalue weighted by Gasteiger charge is 2.14. The molecule has 0 atom stereocenters. The molecule has 0 N–H and O–H groups in total. The van der Waals surface area contributed by atoms with E-state index in [1.165, 1.54) is 22.7 Å². The molecule has 0 spiro atoms. The Balaban J connectivity index is 2.05. The van der Waals surface area contributed by atoms with Gasteiger partial charge in [0.1, 0.15) is 0 Å². The Morgan fingerprint density at radius 1 is 1.56 bits per heavy atom. The molecule has 0 aromatic carbocycles. The Bertz CT molecular complexity index is 481. The summed E-state index contributed by atoms with van der Waals surface area (Å²) in [6, 6.07) is 1.84. The van der Waals surface area contributed by atoms with Gasteiger partial charge in [-0.25, -0.2) is 4.98 Å². The van der Waals surface area contributed by atoms with Crippen molar-refractivity contribution in [3.63, 3.8) is 0 Å². The molecule has 2 heterocycles. The van der Waals surface area contributed by atoms with Crippen molar-refractivity contribution in [2.45, 2.75) is 6.54 Å². The van der Waals surface area contributed by atoms with Gasteiger partial charge in [0.25, 0.3) is 5.91 Å². The third-order valence-electron chi connectivity index (χ3n) is 2.04. The summed E-state index contributed by atoms with van der Waals surface area (Å²) in [5.41, 5.74) is 3.42. The zero-order valence-electron chi connectivity index (χ0n) is 8.51. The number of hydrogen-bond acceptors (Lipinski definition) is 4. The van der Waals surface area contributed by atoms with E-state index in [0.29, 0.717) is 6.54 Å². The van der Waals surface area contributed by atoms with Gasteiger partial charge in [-0.3, -0.25) is 4.79 Å². The Hall–Kier alpha value is -0.720. The van der Waals surface area contributed by atoms with E-state index in [9.17, 15) is 4.79 Å². The number of rotatable bonds is 3. The molecule has 3 nitrogen and oxygen atoms in total. The molecule has 0 aliphatic heterocycles. The van der Waals surface area contributed by atoms with Crippen LogP contribution < -0.4 is 0 Å². The van der Waals surface area contributed by atoms with Crippen LogP contribution in [-0.2, 0) is 6.54 Å². The molecule has 6 heteroatoms. The van der Waals surface area contributed by atoms with E-state index in [0.717, 1.165) is 15.0 Å². The zero-order chi connectivity index (χ0) is 11.5. The van der Waals surface area contributed by atoms with E-state index in [4.69, 9.17) is 0 Å². The molecule has 0 aliphatic carbocycles. The normalized spacial score (nSPS) is 10.4. The van der Waals surface area contributed by atoms with Gasteiger partial charge in [0, 0.05) is 17.8 Å². The molecule has 0 radical (unpaired) electrons. The Kier molecular flexibility index (Phi) is 3.73. The first-order chi connectivity index (χ1) is 7.66. The number of carbonyl (C=O) groups is 1. The Labute approximate surface area is 110 Å². The summed E-state index contributed by atoms with van der Waals surface area (Å²) in [6.07, 6.45) is 0. The first-order valence-corrected chi connectivity index (χ1v) is 7.15. The molecule has 0 aliphatic rings. The van der Waals surface area contributed by atoms with Crippen LogP contribution in [0.5, 0.6) is 0 Å². The number of thiophene rings is 1. The molecule has 2 aromatic heterocycles. The predicted molar refractivity (Wildman–Crippen MR) is 69.9 cm³/mol. The molecule has 2 aromatic rings. The molecule has 0 bridgehead atoms. The van der Waals surface area contributed by atoms with Gasteiger partial charge in [0.2, 0.25) is 0 Å². The smallest absolute Gasteiger partial charge is 0.254 e. The van der Waals surface area contributed by atoms with Crippen LogP contribution in [0.1, 0.15) is 16.1 Å². The average molecular weight is 317 g/mol. The Morgan fingerprint density at radius 2 is 2.38 bits per heavy atom. The molecule has 0 fully saturated rings. The molecule has 84 valence electrons. The second-order valence-corrected chi connectivity index (χ2v) is 6.29. The van der Waals surface area contributed by atoms with Crippen molar-refractivity contribution in [3.8, 4) is 0 Å². The van der Waals surface area contributed by atoms with Crippen molar-refractivity contribution in [1.29, 1.82) is 0 Å². The number of thiazole rings is 1. The highest BCUT2D eigenvalue weighted by Crippen LogP contribution is 2.21. The standard InChI is InChI=1S/C10H9BrN2OS2/c1-13(3-8-5-15-6-12-8)10(14)7-2-9(11)16-4-7/h2,4-6H,3H2,1H3. The van der Waals surface area contributed by atoms with Crippen molar-refractivity contribution in [2.75, 3.05) is 7.05 Å². The van der Waals surface area contributed by atoms with E-state index < -0.39 is 0 Å². The van der Waals surface area contributed by atoms with Crippen molar-refractivity contribution < 1.29 is 4.79 Å². The number of aromatic nitrogens is 1. The highest BCUT2D eigenvalue weighted by molar-refractivity contribution is 9.11. The van der Waals surface area contributed by atoms with Crippen molar-refractivity contribution in [2.24, 2.45) is 0 Å². The van der Waals surface area contributed by atoms with Gasteiger partial charge in [-0.05, 0) is 22.0 Å². The minimum atomic E-state index is 0.0231. The molecule has 0 unspecified atom stereocenters. The fourth-order valence-electron chi connectivity index (χ4n) is 1.27. The summed E-state index contributed by atoms with van der Waals surface area (Å²) in [5.74, 6) is 0.0231. The molecule has 1 amide bonds. The minimum absolute atomic E-state index is 0.0231. The third-order valence-corrected chi connectivity index (χ3v) is 4.18. The molecule has 2 rings (SSSR count). The SMILES string of the molecule is CN(Cc1cscn1)C(=O)c1csc(Br)c1. The van der Waals surface area contributed by atoms with E-state index in [1.54, 1.807) is 17.5 Å². The van der Waals surface area contributed by atoms with Gasteiger partial charge >= 0.3 is 0 Å². The summed E-state index contributed by atoms with van der Waals surface area (Å²) in [7, 11) is 1.78. The number of halogens is 1. The lowest BCUT2D eigenvalue weighted by molar-refractivity contribution is 0.0784. The van der Waals surface area contributed by atoms with Crippen LogP contribution in [0.2, 0.25) is 0 Å². The van der Waals surface area contributed by atoms with E-state index in [-0.39, 0.29) is 5.91 Å². The summed E-state index contributed by atoms with van der Waals surface area (Å²) in [6.45, 7) is 0.551. The summed E-state index contributed by atoms with van der Waals surface area (Å²) in [4.78, 5) is 17.8. The van der Waals surface area contributed by atoms with Gasteiger partial charge in [0.05, 0.1) is 27.1 Å². The van der Waals surface area contributed by atoms with E-state index in [1.807, 2.05) is 16.8 Å². The lowest BCUT2D eigenvalue weighted by Gasteiger charge is -2.14. The lowest BCUT2D eigenvalue weighted by Crippen LogP contribution is -2.25. The minimum Gasteiger partial charge on any atom is -0.336 e. The topological polar surface area (TPSA) is 33.2 Å². The van der Waals surface area contributed by atoms with E-state index >= 15 is 0 Å². The van der Waals surface area contributed by atoms with Crippen LogP contribution in [0.4, 0.5) is 0 Å². The van der Waals surface area contributed by atoms with Gasteiger partial charge < -0.3 is 4.90 Å². The van der Waals surface area contributed by atoms with Crippen LogP contribution in [0, 0.1) is 0 Å². The molecule has 0 saturated heterocycles. The maximum Gasteiger partial charge on any atom is 0.254 e. The molecular formula is C10H9BrN2OS2. The van der Waals surface area contributed by atoms with E-state index in [2.05, 4.69) is 20.9 Å². The monoisotopic (exact) mass is 316 g/mol. The first-order valence-electron chi connectivity index (χ1n) is 4.53. The fourth-order valence-corrected chi connectivity index (χ4v) is 2.95. The number of nitrogens with zero attached hydrogens (tertiary/aromatic N) is 2. The third kappa shape index (κ3) is 2.69.